The van der Waals surface area contributed by atoms with Gasteiger partial charge in [0.15, 0.2) is 0 Å². The maximum atomic E-state index is 13.8. The van der Waals surface area contributed by atoms with E-state index in [1.54, 1.807) is 6.92 Å². The van der Waals surface area contributed by atoms with Crippen LogP contribution in [0.5, 0.6) is 0 Å². The molecule has 0 aromatic heterocycles. The molecule has 0 amide bonds. The van der Waals surface area contributed by atoms with Gasteiger partial charge in [-0.3, -0.25) is 0 Å². The SMILES string of the molecule is CCC(CC)CN(CC)S(=O)(=O)c1cc(N)cc(F)c1C. The number of rotatable bonds is 7. The summed E-state index contributed by atoms with van der Waals surface area (Å²) in [6, 6.07) is 2.48. The van der Waals surface area contributed by atoms with Crippen molar-refractivity contribution in [3.63, 3.8) is 0 Å². The van der Waals surface area contributed by atoms with Crippen molar-refractivity contribution in [2.75, 3.05) is 18.8 Å². The quantitative estimate of drug-likeness (QED) is 0.786. The highest BCUT2D eigenvalue weighted by Gasteiger charge is 2.27. The van der Waals surface area contributed by atoms with Crippen LogP contribution < -0.4 is 5.73 Å². The fourth-order valence-electron chi connectivity index (χ4n) is 2.31. The van der Waals surface area contributed by atoms with E-state index >= 15 is 0 Å². The van der Waals surface area contributed by atoms with Gasteiger partial charge in [-0.05, 0) is 25.0 Å². The van der Waals surface area contributed by atoms with Gasteiger partial charge in [0.2, 0.25) is 10.0 Å². The van der Waals surface area contributed by atoms with E-state index < -0.39 is 15.8 Å². The molecule has 6 heteroatoms. The topological polar surface area (TPSA) is 63.4 Å². The molecule has 0 radical (unpaired) electrons. The van der Waals surface area contributed by atoms with Gasteiger partial charge >= 0.3 is 0 Å². The van der Waals surface area contributed by atoms with E-state index in [4.69, 9.17) is 5.73 Å². The lowest BCUT2D eigenvalue weighted by molar-refractivity contribution is 0.339. The summed E-state index contributed by atoms with van der Waals surface area (Å²) in [7, 11) is -3.73. The van der Waals surface area contributed by atoms with E-state index in [1.165, 1.54) is 17.3 Å². The Balaban J connectivity index is 3.25. The summed E-state index contributed by atoms with van der Waals surface area (Å²) in [5.74, 6) is -0.293. The van der Waals surface area contributed by atoms with Crippen molar-refractivity contribution in [3.8, 4) is 0 Å². The third kappa shape index (κ3) is 3.95. The molecule has 0 unspecified atom stereocenters. The van der Waals surface area contributed by atoms with Crippen molar-refractivity contribution in [3.05, 3.63) is 23.5 Å². The highest BCUT2D eigenvalue weighted by Crippen LogP contribution is 2.26. The van der Waals surface area contributed by atoms with E-state index in [1.807, 2.05) is 13.8 Å². The monoisotopic (exact) mass is 316 g/mol. The molecule has 0 aliphatic rings. The lowest BCUT2D eigenvalue weighted by Gasteiger charge is -2.25. The summed E-state index contributed by atoms with van der Waals surface area (Å²) >= 11 is 0. The van der Waals surface area contributed by atoms with Gasteiger partial charge in [0, 0.05) is 24.3 Å². The Hall–Kier alpha value is -1.14. The van der Waals surface area contributed by atoms with Crippen LogP contribution in [0.2, 0.25) is 0 Å². The molecule has 0 atom stereocenters. The molecule has 0 fully saturated rings. The maximum absolute atomic E-state index is 13.8. The molecule has 1 aromatic carbocycles. The molecule has 21 heavy (non-hydrogen) atoms. The van der Waals surface area contributed by atoms with Crippen molar-refractivity contribution in [2.45, 2.75) is 45.4 Å². The molecule has 2 N–H and O–H groups in total. The standard InChI is InChI=1S/C15H25FN2O2S/c1-5-12(6-2)10-18(7-3)21(19,20)15-9-13(17)8-14(16)11(15)4/h8-9,12H,5-7,10,17H2,1-4H3. The molecular formula is C15H25FN2O2S. The number of halogens is 1. The first-order chi connectivity index (χ1) is 9.77. The van der Waals surface area contributed by atoms with Crippen LogP contribution in [0.25, 0.3) is 0 Å². The zero-order valence-electron chi connectivity index (χ0n) is 13.2. The van der Waals surface area contributed by atoms with Crippen LogP contribution in [0.3, 0.4) is 0 Å². The number of hydrogen-bond acceptors (Lipinski definition) is 3. The minimum absolute atomic E-state index is 0.0344. The molecule has 0 aliphatic carbocycles. The van der Waals surface area contributed by atoms with Gasteiger partial charge in [-0.2, -0.15) is 4.31 Å². The second-order valence-corrected chi connectivity index (χ2v) is 7.17. The number of benzene rings is 1. The van der Waals surface area contributed by atoms with Crippen molar-refractivity contribution in [1.29, 1.82) is 0 Å². The Morgan fingerprint density at radius 1 is 1.24 bits per heavy atom. The van der Waals surface area contributed by atoms with Crippen LogP contribution in [0.15, 0.2) is 17.0 Å². The molecule has 0 heterocycles. The van der Waals surface area contributed by atoms with Gasteiger partial charge in [-0.15, -0.1) is 0 Å². The Bertz CT molecular complexity index is 584. The Labute approximate surface area is 127 Å². The van der Waals surface area contributed by atoms with E-state index in [2.05, 4.69) is 0 Å². The maximum Gasteiger partial charge on any atom is 0.243 e. The van der Waals surface area contributed by atoms with Gasteiger partial charge in [-0.25, -0.2) is 12.8 Å². The van der Waals surface area contributed by atoms with Crippen LogP contribution in [0.4, 0.5) is 10.1 Å². The summed E-state index contributed by atoms with van der Waals surface area (Å²) in [6.07, 6.45) is 1.82. The number of nitrogen functional groups attached to an aromatic ring is 1. The fraction of sp³-hybridized carbons (Fsp3) is 0.600. The van der Waals surface area contributed by atoms with Gasteiger partial charge in [0.25, 0.3) is 0 Å². The number of nitrogens with two attached hydrogens (primary N) is 1. The van der Waals surface area contributed by atoms with E-state index in [9.17, 15) is 12.8 Å². The molecule has 0 spiro atoms. The molecule has 0 saturated heterocycles. The first kappa shape index (κ1) is 17.9. The van der Waals surface area contributed by atoms with Crippen molar-refractivity contribution in [1.82, 2.24) is 4.31 Å². The van der Waals surface area contributed by atoms with E-state index in [0.717, 1.165) is 18.9 Å². The first-order valence-corrected chi connectivity index (χ1v) is 8.77. The first-order valence-electron chi connectivity index (χ1n) is 7.33. The average molecular weight is 316 g/mol. The second kappa shape index (κ2) is 7.22. The van der Waals surface area contributed by atoms with Gasteiger partial charge < -0.3 is 5.73 Å². The third-order valence-corrected chi connectivity index (χ3v) is 5.97. The molecule has 1 rings (SSSR count). The summed E-state index contributed by atoms with van der Waals surface area (Å²) in [4.78, 5) is -0.0344. The predicted octanol–water partition coefficient (Wildman–Crippen LogP) is 3.16. The lowest BCUT2D eigenvalue weighted by Crippen LogP contribution is -2.35. The lowest BCUT2D eigenvalue weighted by atomic mass is 10.0. The molecular weight excluding hydrogens is 291 g/mol. The van der Waals surface area contributed by atoms with Crippen molar-refractivity contribution >= 4 is 15.7 Å². The molecule has 0 saturated carbocycles. The fourth-order valence-corrected chi connectivity index (χ4v) is 4.11. The average Bonchev–Trinajstić information content (AvgIpc) is 2.43. The summed E-state index contributed by atoms with van der Waals surface area (Å²) in [5, 5.41) is 0. The molecule has 1 aromatic rings. The number of anilines is 1. The second-order valence-electron chi connectivity index (χ2n) is 5.26. The number of nitrogens with zero attached hydrogens (tertiary/aromatic N) is 1. The van der Waals surface area contributed by atoms with E-state index in [0.29, 0.717) is 19.0 Å². The zero-order chi connectivity index (χ0) is 16.2. The number of hydrogen-bond donors (Lipinski definition) is 1. The Kier molecular flexibility index (Phi) is 6.16. The summed E-state index contributed by atoms with van der Waals surface area (Å²) in [5.41, 5.74) is 5.84. The van der Waals surface area contributed by atoms with Gasteiger partial charge in [0.1, 0.15) is 5.82 Å². The third-order valence-electron chi connectivity index (χ3n) is 3.91. The molecule has 4 nitrogen and oxygen atoms in total. The van der Waals surface area contributed by atoms with Gasteiger partial charge in [0.05, 0.1) is 4.90 Å². The zero-order valence-corrected chi connectivity index (χ0v) is 14.0. The normalized spacial score (nSPS) is 12.3. The summed E-state index contributed by atoms with van der Waals surface area (Å²) < 4.78 is 40.7. The van der Waals surface area contributed by atoms with Crippen molar-refractivity contribution < 1.29 is 12.8 Å². The minimum Gasteiger partial charge on any atom is -0.399 e. The van der Waals surface area contributed by atoms with Crippen LogP contribution in [-0.2, 0) is 10.0 Å². The predicted molar refractivity (Wildman–Crippen MR) is 84.1 cm³/mol. The molecule has 0 bridgehead atoms. The van der Waals surface area contributed by atoms with Crippen molar-refractivity contribution in [2.24, 2.45) is 5.92 Å². The number of sulfonamides is 1. The Morgan fingerprint density at radius 3 is 2.29 bits per heavy atom. The minimum atomic E-state index is -3.73. The molecule has 0 aliphatic heterocycles. The Morgan fingerprint density at radius 2 is 1.81 bits per heavy atom. The summed E-state index contributed by atoms with van der Waals surface area (Å²) in [6.45, 7) is 8.14. The van der Waals surface area contributed by atoms with Crippen LogP contribution in [0.1, 0.15) is 39.2 Å². The molecule has 120 valence electrons. The van der Waals surface area contributed by atoms with Gasteiger partial charge in [-0.1, -0.05) is 33.6 Å². The highest BCUT2D eigenvalue weighted by molar-refractivity contribution is 7.89. The van der Waals surface area contributed by atoms with Crippen LogP contribution in [-0.4, -0.2) is 25.8 Å². The highest BCUT2D eigenvalue weighted by atomic mass is 32.2. The van der Waals surface area contributed by atoms with Crippen LogP contribution in [0, 0.1) is 18.7 Å². The van der Waals surface area contributed by atoms with E-state index in [-0.39, 0.29) is 16.1 Å². The van der Waals surface area contributed by atoms with Crippen LogP contribution >= 0.6 is 0 Å². The largest absolute Gasteiger partial charge is 0.399 e. The smallest absolute Gasteiger partial charge is 0.243 e.